The lowest BCUT2D eigenvalue weighted by Crippen LogP contribution is -2.37. The Labute approximate surface area is 256 Å². The van der Waals surface area contributed by atoms with E-state index in [0.717, 1.165) is 66.1 Å². The summed E-state index contributed by atoms with van der Waals surface area (Å²) >= 11 is 13.0. The van der Waals surface area contributed by atoms with Gasteiger partial charge in [-0.25, -0.2) is 17.8 Å². The highest BCUT2D eigenvalue weighted by Crippen LogP contribution is 2.40. The number of nitrogens with zero attached hydrogens (tertiary/aromatic N) is 2. The fraction of sp³-hybridized carbons (Fsp3) is 0.485. The monoisotopic (exact) mass is 615 g/mol. The van der Waals surface area contributed by atoms with Gasteiger partial charge in [-0.1, -0.05) is 81.4 Å². The Morgan fingerprint density at radius 1 is 1.05 bits per heavy atom. The zero-order valence-corrected chi connectivity index (χ0v) is 27.0. The number of hydrogen-bond donors (Lipinski definition) is 1. The van der Waals surface area contributed by atoms with Crippen molar-refractivity contribution in [1.82, 2.24) is 14.5 Å². The molecule has 41 heavy (non-hydrogen) atoms. The molecule has 0 bridgehead atoms. The van der Waals surface area contributed by atoms with E-state index in [4.69, 9.17) is 28.3 Å². The molecule has 0 spiro atoms. The molecule has 0 amide bonds. The van der Waals surface area contributed by atoms with Crippen molar-refractivity contribution in [2.24, 2.45) is 5.92 Å². The number of hydrogen-bond acceptors (Lipinski definition) is 3. The standard InChI is InChI=1S/C31H37Cl2N3O2S.C2H6/c1-3-22-12-15-30(28(33)20-22)36-31-25(18-23-8-7-11-26(32)19-23)13-14-27(31)29(34-36)16-17-39(37,38)35-21(2)24-9-5-4-6-10-24;1-2/h7-8,11-12,15-17,19-21,24-25,35H,3-6,9-10,13-14,18H2,1-2H3;1-2H3/b17-16+;/t21-,25?;/m1./s1. The lowest BCUT2D eigenvalue weighted by molar-refractivity contribution is 0.303. The van der Waals surface area contributed by atoms with Crippen LogP contribution in [0.3, 0.4) is 0 Å². The van der Waals surface area contributed by atoms with E-state index in [-0.39, 0.29) is 12.0 Å². The normalized spacial score (nSPS) is 18.2. The van der Waals surface area contributed by atoms with Gasteiger partial charge in [0, 0.05) is 28.0 Å². The zero-order valence-electron chi connectivity index (χ0n) is 24.7. The fourth-order valence-corrected chi connectivity index (χ4v) is 7.79. The van der Waals surface area contributed by atoms with Gasteiger partial charge in [0.1, 0.15) is 0 Å². The molecule has 5 nitrogen and oxygen atoms in total. The molecule has 3 aromatic rings. The summed E-state index contributed by atoms with van der Waals surface area (Å²) in [4.78, 5) is 0. The van der Waals surface area contributed by atoms with Crippen LogP contribution in [0.5, 0.6) is 0 Å². The Morgan fingerprint density at radius 2 is 1.80 bits per heavy atom. The number of halogens is 2. The number of benzene rings is 2. The van der Waals surface area contributed by atoms with E-state index in [9.17, 15) is 8.42 Å². The molecule has 1 heterocycles. The smallest absolute Gasteiger partial charge is 0.234 e. The van der Waals surface area contributed by atoms with Gasteiger partial charge in [-0.15, -0.1) is 0 Å². The predicted octanol–water partition coefficient (Wildman–Crippen LogP) is 8.90. The zero-order chi connectivity index (χ0) is 29.6. The number of aryl methyl sites for hydroxylation is 1. The third-order valence-corrected chi connectivity index (χ3v) is 10.0. The quantitative estimate of drug-likeness (QED) is 0.261. The molecule has 5 rings (SSSR count). The molecule has 0 aliphatic heterocycles. The Kier molecular flexibility index (Phi) is 11.1. The lowest BCUT2D eigenvalue weighted by atomic mass is 9.85. The van der Waals surface area contributed by atoms with Crippen molar-refractivity contribution in [3.63, 3.8) is 0 Å². The largest absolute Gasteiger partial charge is 0.235 e. The van der Waals surface area contributed by atoms with E-state index in [0.29, 0.717) is 16.6 Å². The van der Waals surface area contributed by atoms with Crippen molar-refractivity contribution < 1.29 is 8.42 Å². The first-order valence-corrected chi connectivity index (χ1v) is 17.4. The minimum absolute atomic E-state index is 0.0822. The molecular formula is C33H43Cl2N3O2S. The van der Waals surface area contributed by atoms with Gasteiger partial charge in [0.2, 0.25) is 10.0 Å². The molecule has 1 fully saturated rings. The van der Waals surface area contributed by atoms with E-state index in [1.165, 1.54) is 30.2 Å². The highest BCUT2D eigenvalue weighted by Gasteiger charge is 2.32. The second-order valence-corrected chi connectivity index (χ2v) is 13.5. The van der Waals surface area contributed by atoms with Gasteiger partial charge >= 0.3 is 0 Å². The average molecular weight is 617 g/mol. The number of fused-ring (bicyclic) bond motifs is 1. The summed E-state index contributed by atoms with van der Waals surface area (Å²) in [5.41, 5.74) is 6.01. The summed E-state index contributed by atoms with van der Waals surface area (Å²) in [6.45, 7) is 8.08. The van der Waals surface area contributed by atoms with E-state index in [1.54, 1.807) is 6.08 Å². The third-order valence-electron chi connectivity index (χ3n) is 8.32. The Hall–Kier alpha value is -2.12. The fourth-order valence-electron chi connectivity index (χ4n) is 6.20. The summed E-state index contributed by atoms with van der Waals surface area (Å²) in [6.07, 6.45) is 10.9. The third kappa shape index (κ3) is 7.84. The second kappa shape index (κ2) is 14.4. The van der Waals surface area contributed by atoms with Crippen LogP contribution in [0.25, 0.3) is 11.8 Å². The summed E-state index contributed by atoms with van der Waals surface area (Å²) in [5.74, 6) is 0.613. The first kappa shape index (κ1) is 31.8. The molecule has 1 aromatic heterocycles. The van der Waals surface area contributed by atoms with Crippen molar-refractivity contribution >= 4 is 39.3 Å². The van der Waals surface area contributed by atoms with Crippen molar-refractivity contribution in [3.8, 4) is 5.69 Å². The highest BCUT2D eigenvalue weighted by molar-refractivity contribution is 7.92. The molecule has 8 heteroatoms. The lowest BCUT2D eigenvalue weighted by Gasteiger charge is -2.27. The van der Waals surface area contributed by atoms with Crippen molar-refractivity contribution in [2.75, 3.05) is 0 Å². The summed E-state index contributed by atoms with van der Waals surface area (Å²) in [6, 6.07) is 14.0. The summed E-state index contributed by atoms with van der Waals surface area (Å²) in [7, 11) is -3.61. The topological polar surface area (TPSA) is 64.0 Å². The number of sulfonamides is 1. The number of aromatic nitrogens is 2. The maximum atomic E-state index is 13.0. The molecule has 1 unspecified atom stereocenters. The Bertz CT molecular complexity index is 1460. The SMILES string of the molecule is CC.CCc1ccc(-n2nc(/C=C/S(=O)(=O)N[C@H](C)C3CCCCC3)c3c2C(Cc2cccc(Cl)c2)CC3)c(Cl)c1. The first-order valence-electron chi connectivity index (χ1n) is 15.1. The van der Waals surface area contributed by atoms with Crippen LogP contribution >= 0.6 is 23.2 Å². The minimum Gasteiger partial charge on any atom is -0.235 e. The van der Waals surface area contributed by atoms with Crippen molar-refractivity contribution in [2.45, 2.75) is 97.4 Å². The molecule has 2 aromatic carbocycles. The molecule has 1 saturated carbocycles. The van der Waals surface area contributed by atoms with Crippen LogP contribution in [0, 0.1) is 5.92 Å². The number of nitrogens with one attached hydrogen (secondary N) is 1. The maximum Gasteiger partial charge on any atom is 0.234 e. The second-order valence-electron chi connectivity index (χ2n) is 11.0. The van der Waals surface area contributed by atoms with Crippen LogP contribution in [-0.4, -0.2) is 24.2 Å². The van der Waals surface area contributed by atoms with Gasteiger partial charge in [0.25, 0.3) is 0 Å². The molecule has 0 radical (unpaired) electrons. The Balaban J connectivity index is 0.00000189. The first-order chi connectivity index (χ1) is 19.7. The number of rotatable bonds is 9. The summed E-state index contributed by atoms with van der Waals surface area (Å²) < 4.78 is 30.9. The van der Waals surface area contributed by atoms with Crippen LogP contribution < -0.4 is 4.72 Å². The van der Waals surface area contributed by atoms with Crippen LogP contribution in [0.15, 0.2) is 47.9 Å². The molecular weight excluding hydrogens is 573 g/mol. The van der Waals surface area contributed by atoms with Crippen LogP contribution in [-0.2, 0) is 29.3 Å². The van der Waals surface area contributed by atoms with E-state index >= 15 is 0 Å². The maximum absolute atomic E-state index is 13.0. The van der Waals surface area contributed by atoms with Gasteiger partial charge < -0.3 is 0 Å². The van der Waals surface area contributed by atoms with Crippen LogP contribution in [0.2, 0.25) is 10.0 Å². The molecule has 2 atom stereocenters. The van der Waals surface area contributed by atoms with Crippen molar-refractivity contribution in [1.29, 1.82) is 0 Å². The van der Waals surface area contributed by atoms with E-state index < -0.39 is 10.0 Å². The van der Waals surface area contributed by atoms with Crippen LogP contribution in [0.1, 0.15) is 100 Å². The highest BCUT2D eigenvalue weighted by atomic mass is 35.5. The van der Waals surface area contributed by atoms with Gasteiger partial charge in [0.15, 0.2) is 0 Å². The van der Waals surface area contributed by atoms with Crippen LogP contribution in [0.4, 0.5) is 0 Å². The average Bonchev–Trinajstić information content (AvgIpc) is 3.54. The Morgan fingerprint density at radius 3 is 2.49 bits per heavy atom. The molecule has 2 aliphatic carbocycles. The van der Waals surface area contributed by atoms with Gasteiger partial charge in [0.05, 0.1) is 22.1 Å². The summed E-state index contributed by atoms with van der Waals surface area (Å²) in [5, 5.41) is 7.57. The predicted molar refractivity (Wildman–Crippen MR) is 173 cm³/mol. The molecule has 1 N–H and O–H groups in total. The van der Waals surface area contributed by atoms with Gasteiger partial charge in [-0.2, -0.15) is 5.10 Å². The van der Waals surface area contributed by atoms with E-state index in [1.807, 2.05) is 55.8 Å². The minimum atomic E-state index is -3.61. The van der Waals surface area contributed by atoms with Crippen molar-refractivity contribution in [3.05, 3.63) is 86.0 Å². The van der Waals surface area contributed by atoms with Gasteiger partial charge in [-0.3, -0.25) is 0 Å². The molecule has 0 saturated heterocycles. The van der Waals surface area contributed by atoms with Gasteiger partial charge in [-0.05, 0) is 92.8 Å². The molecule has 222 valence electrons. The molecule has 2 aliphatic rings. The van der Waals surface area contributed by atoms with E-state index in [2.05, 4.69) is 23.8 Å².